The lowest BCUT2D eigenvalue weighted by molar-refractivity contribution is -0.116. The molecule has 0 spiro atoms. The number of benzene rings is 3. The van der Waals surface area contributed by atoms with Crippen LogP contribution in [0.25, 0.3) is 11.1 Å². The van der Waals surface area contributed by atoms with E-state index in [0.717, 1.165) is 27.9 Å². The van der Waals surface area contributed by atoms with E-state index >= 15 is 0 Å². The Hall–Kier alpha value is -4.85. The first-order valence-electron chi connectivity index (χ1n) is 11.9. The molecule has 0 bridgehead atoms. The molecular weight excluding hydrogens is 466 g/mol. The molecule has 0 saturated carbocycles. The third-order valence-electron chi connectivity index (χ3n) is 5.62. The average Bonchev–Trinajstić information content (AvgIpc) is 2.93. The Morgan fingerprint density at radius 2 is 1.62 bits per heavy atom. The minimum absolute atomic E-state index is 0.0688. The molecule has 3 amide bonds. The number of primary amides is 1. The Labute approximate surface area is 215 Å². The predicted octanol–water partition coefficient (Wildman–Crippen LogP) is 4.59. The molecule has 4 aromatic rings. The van der Waals surface area contributed by atoms with Gasteiger partial charge in [-0.1, -0.05) is 48.5 Å². The second kappa shape index (κ2) is 12.7. The van der Waals surface area contributed by atoms with E-state index in [4.69, 9.17) is 10.5 Å². The number of nitrogens with zero attached hydrogens (tertiary/aromatic N) is 1. The van der Waals surface area contributed by atoms with Gasteiger partial charge in [0.25, 0.3) is 0 Å². The zero-order valence-electron chi connectivity index (χ0n) is 20.3. The van der Waals surface area contributed by atoms with Gasteiger partial charge in [0.05, 0.1) is 13.2 Å². The minimum atomic E-state index is -0.414. The van der Waals surface area contributed by atoms with Crippen molar-refractivity contribution in [1.29, 1.82) is 0 Å². The Morgan fingerprint density at radius 1 is 0.865 bits per heavy atom. The van der Waals surface area contributed by atoms with Gasteiger partial charge in [0.2, 0.25) is 5.91 Å². The van der Waals surface area contributed by atoms with Crippen molar-refractivity contribution < 1.29 is 14.3 Å². The van der Waals surface area contributed by atoms with Crippen molar-refractivity contribution in [3.63, 3.8) is 0 Å². The van der Waals surface area contributed by atoms with E-state index in [-0.39, 0.29) is 12.6 Å². The van der Waals surface area contributed by atoms with Crippen LogP contribution in [0, 0.1) is 0 Å². The first kappa shape index (κ1) is 25.2. The molecule has 8 heteroatoms. The molecule has 0 fully saturated rings. The summed E-state index contributed by atoms with van der Waals surface area (Å²) >= 11 is 0. The van der Waals surface area contributed by atoms with E-state index in [0.29, 0.717) is 31.0 Å². The molecule has 0 radical (unpaired) electrons. The van der Waals surface area contributed by atoms with Crippen molar-refractivity contribution in [2.24, 2.45) is 5.73 Å². The number of urea groups is 1. The lowest BCUT2D eigenvalue weighted by atomic mass is 9.96. The van der Waals surface area contributed by atoms with E-state index in [9.17, 15) is 9.59 Å². The number of aromatic nitrogens is 1. The van der Waals surface area contributed by atoms with Crippen LogP contribution in [0.4, 0.5) is 16.2 Å². The molecule has 5 N–H and O–H groups in total. The molecule has 4 rings (SSSR count). The molecule has 37 heavy (non-hydrogen) atoms. The lowest BCUT2D eigenvalue weighted by Crippen LogP contribution is -2.28. The maximum Gasteiger partial charge on any atom is 0.319 e. The van der Waals surface area contributed by atoms with Gasteiger partial charge >= 0.3 is 6.03 Å². The van der Waals surface area contributed by atoms with Crippen LogP contribution in [-0.4, -0.2) is 30.1 Å². The second-order valence-corrected chi connectivity index (χ2v) is 8.31. The Kier molecular flexibility index (Phi) is 8.69. The molecule has 0 saturated heterocycles. The van der Waals surface area contributed by atoms with Gasteiger partial charge in [0, 0.05) is 42.3 Å². The van der Waals surface area contributed by atoms with Crippen molar-refractivity contribution in [1.82, 2.24) is 10.3 Å². The van der Waals surface area contributed by atoms with Gasteiger partial charge < -0.3 is 26.4 Å². The van der Waals surface area contributed by atoms with Gasteiger partial charge in [0.15, 0.2) is 0 Å². The summed E-state index contributed by atoms with van der Waals surface area (Å²) in [5, 5.41) is 8.72. The Balaban J connectivity index is 1.31. The molecule has 0 unspecified atom stereocenters. The number of nitrogens with one attached hydrogen (secondary N) is 3. The number of hydrogen-bond donors (Lipinski definition) is 4. The lowest BCUT2D eigenvalue weighted by Gasteiger charge is -2.15. The van der Waals surface area contributed by atoms with Gasteiger partial charge in [-0.25, -0.2) is 4.79 Å². The fraction of sp³-hybridized carbons (Fsp3) is 0.138. The number of nitrogens with two attached hydrogens (primary N) is 1. The van der Waals surface area contributed by atoms with Gasteiger partial charge in [-0.15, -0.1) is 0 Å². The quantitative estimate of drug-likeness (QED) is 0.243. The molecular formula is C29H29N5O3. The van der Waals surface area contributed by atoms with Crippen molar-refractivity contribution in [3.8, 4) is 16.9 Å². The van der Waals surface area contributed by atoms with Gasteiger partial charge in [-0.3, -0.25) is 9.78 Å². The van der Waals surface area contributed by atoms with Gasteiger partial charge in [0.1, 0.15) is 5.75 Å². The maximum absolute atomic E-state index is 12.1. The topological polar surface area (TPSA) is 118 Å². The number of para-hydroxylation sites is 1. The molecule has 8 nitrogen and oxygen atoms in total. The van der Waals surface area contributed by atoms with Crippen LogP contribution < -0.4 is 26.4 Å². The molecule has 0 aliphatic carbocycles. The number of hydrogen-bond acceptors (Lipinski definition) is 5. The minimum Gasteiger partial charge on any atom is -0.493 e. The molecule has 3 aromatic carbocycles. The fourth-order valence-electron chi connectivity index (χ4n) is 3.83. The number of anilines is 2. The van der Waals surface area contributed by atoms with Crippen LogP contribution in [-0.2, 0) is 17.8 Å². The van der Waals surface area contributed by atoms with E-state index in [1.54, 1.807) is 24.5 Å². The Bertz CT molecular complexity index is 1330. The van der Waals surface area contributed by atoms with Gasteiger partial charge in [-0.2, -0.15) is 0 Å². The Morgan fingerprint density at radius 3 is 2.38 bits per heavy atom. The third kappa shape index (κ3) is 7.57. The third-order valence-corrected chi connectivity index (χ3v) is 5.62. The van der Waals surface area contributed by atoms with Crippen LogP contribution >= 0.6 is 0 Å². The van der Waals surface area contributed by atoms with Crippen LogP contribution in [0.2, 0.25) is 0 Å². The zero-order chi connectivity index (χ0) is 25.9. The summed E-state index contributed by atoms with van der Waals surface area (Å²) in [5.74, 6) is 0.297. The number of pyridine rings is 1. The highest BCUT2D eigenvalue weighted by Crippen LogP contribution is 2.31. The second-order valence-electron chi connectivity index (χ2n) is 8.31. The van der Waals surface area contributed by atoms with Crippen molar-refractivity contribution >= 4 is 23.3 Å². The van der Waals surface area contributed by atoms with Crippen molar-refractivity contribution in [2.45, 2.75) is 13.0 Å². The van der Waals surface area contributed by atoms with E-state index < -0.39 is 5.91 Å². The van der Waals surface area contributed by atoms with Crippen LogP contribution in [0.5, 0.6) is 5.75 Å². The SMILES string of the molecule is NC(=O)CNc1ccccc1-c1ccccc1CCOc1ccc(NC(=O)NCc2cccnc2)cc1. The summed E-state index contributed by atoms with van der Waals surface area (Å²) in [6.45, 7) is 0.944. The molecule has 188 valence electrons. The summed E-state index contributed by atoms with van der Waals surface area (Å²) in [4.78, 5) is 27.4. The highest BCUT2D eigenvalue weighted by atomic mass is 16.5. The number of carbonyl (C=O) groups excluding carboxylic acids is 2. The van der Waals surface area contributed by atoms with Crippen molar-refractivity contribution in [3.05, 3.63) is 108 Å². The summed E-state index contributed by atoms with van der Waals surface area (Å²) in [6, 6.07) is 26.6. The monoisotopic (exact) mass is 495 g/mol. The first-order valence-corrected chi connectivity index (χ1v) is 11.9. The van der Waals surface area contributed by atoms with Crippen LogP contribution in [0.3, 0.4) is 0 Å². The zero-order valence-corrected chi connectivity index (χ0v) is 20.3. The summed E-state index contributed by atoms with van der Waals surface area (Å²) in [7, 11) is 0. The summed E-state index contributed by atoms with van der Waals surface area (Å²) < 4.78 is 5.96. The van der Waals surface area contributed by atoms with E-state index in [2.05, 4.69) is 33.1 Å². The van der Waals surface area contributed by atoms with Gasteiger partial charge in [-0.05, 0) is 53.1 Å². The maximum atomic E-state index is 12.1. The van der Waals surface area contributed by atoms with E-state index in [1.807, 2.05) is 60.7 Å². The largest absolute Gasteiger partial charge is 0.493 e. The van der Waals surface area contributed by atoms with Crippen LogP contribution in [0.15, 0.2) is 97.3 Å². The first-order chi connectivity index (χ1) is 18.1. The molecule has 1 aromatic heterocycles. The average molecular weight is 496 g/mol. The molecule has 0 atom stereocenters. The highest BCUT2D eigenvalue weighted by Gasteiger charge is 2.10. The highest BCUT2D eigenvalue weighted by molar-refractivity contribution is 5.89. The molecule has 1 heterocycles. The number of ether oxygens (including phenoxy) is 1. The standard InChI is InChI=1S/C29H29N5O3/c30-28(35)20-32-27-10-4-3-9-26(27)25-8-2-1-7-22(25)15-17-37-24-13-11-23(12-14-24)34-29(36)33-19-21-6-5-16-31-18-21/h1-14,16,18,32H,15,17,19-20H2,(H2,30,35)(H2,33,34,36). The number of rotatable bonds is 11. The number of amides is 3. The summed E-state index contributed by atoms with van der Waals surface area (Å²) in [6.07, 6.45) is 4.10. The number of carbonyl (C=O) groups is 2. The predicted molar refractivity (Wildman–Crippen MR) is 145 cm³/mol. The summed E-state index contributed by atoms with van der Waals surface area (Å²) in [5.41, 5.74) is 10.9. The van der Waals surface area contributed by atoms with Crippen molar-refractivity contribution in [2.75, 3.05) is 23.8 Å². The molecule has 0 aliphatic heterocycles. The smallest absolute Gasteiger partial charge is 0.319 e. The molecule has 0 aliphatic rings. The fourth-order valence-corrected chi connectivity index (χ4v) is 3.83. The normalized spacial score (nSPS) is 10.4. The van der Waals surface area contributed by atoms with E-state index in [1.165, 1.54) is 0 Å². The van der Waals surface area contributed by atoms with Crippen LogP contribution in [0.1, 0.15) is 11.1 Å².